The van der Waals surface area contributed by atoms with Crippen LogP contribution in [0.1, 0.15) is 12.6 Å². The molecule has 0 saturated carbocycles. The van der Waals surface area contributed by atoms with Crippen LogP contribution in [0, 0.1) is 11.7 Å². The molecular formula is C11H15N3O2S2. The fourth-order valence-electron chi connectivity index (χ4n) is 1.71. The molecule has 18 heavy (non-hydrogen) atoms. The molecule has 0 aliphatic heterocycles. The lowest BCUT2D eigenvalue weighted by atomic mass is 10.3. The molecule has 0 aromatic carbocycles. The predicted molar refractivity (Wildman–Crippen MR) is 74.0 cm³/mol. The number of imidazole rings is 1. The summed E-state index contributed by atoms with van der Waals surface area (Å²) in [7, 11) is -3.00. The number of nitrogens with zero attached hydrogens (tertiary/aromatic N) is 2. The van der Waals surface area contributed by atoms with Crippen LogP contribution in [0.15, 0.2) is 12.1 Å². The summed E-state index contributed by atoms with van der Waals surface area (Å²) in [5, 5.41) is 0. The second-order valence-corrected chi connectivity index (χ2v) is 7.00. The molecule has 2 heterocycles. The van der Waals surface area contributed by atoms with E-state index in [9.17, 15) is 8.42 Å². The molecule has 2 rings (SSSR count). The zero-order valence-electron chi connectivity index (χ0n) is 10.3. The van der Waals surface area contributed by atoms with Gasteiger partial charge < -0.3 is 9.55 Å². The summed E-state index contributed by atoms with van der Waals surface area (Å²) < 4.78 is 25.3. The number of nitrogens with one attached hydrogen (secondary N) is 1. The van der Waals surface area contributed by atoms with Gasteiger partial charge in [-0.15, -0.1) is 0 Å². The van der Waals surface area contributed by atoms with E-state index in [2.05, 4.69) is 9.97 Å². The van der Waals surface area contributed by atoms with Crippen molar-refractivity contribution in [1.29, 1.82) is 0 Å². The van der Waals surface area contributed by atoms with Gasteiger partial charge in [-0.2, -0.15) is 0 Å². The van der Waals surface area contributed by atoms with Gasteiger partial charge in [-0.1, -0.05) is 6.92 Å². The Hall–Kier alpha value is -1.21. The molecule has 0 aliphatic carbocycles. The lowest BCUT2D eigenvalue weighted by Crippen LogP contribution is -2.15. The second kappa shape index (κ2) is 4.81. The fourth-order valence-corrected chi connectivity index (χ4v) is 2.74. The number of aromatic nitrogens is 3. The summed E-state index contributed by atoms with van der Waals surface area (Å²) in [5.74, 6) is 0.232. The molecule has 98 valence electrons. The van der Waals surface area contributed by atoms with Gasteiger partial charge in [-0.25, -0.2) is 13.4 Å². The Morgan fingerprint density at radius 2 is 2.17 bits per heavy atom. The minimum absolute atomic E-state index is 0.0837. The van der Waals surface area contributed by atoms with E-state index in [0.717, 1.165) is 11.2 Å². The Morgan fingerprint density at radius 1 is 1.44 bits per heavy atom. The van der Waals surface area contributed by atoms with E-state index in [0.29, 0.717) is 17.0 Å². The summed E-state index contributed by atoms with van der Waals surface area (Å²) in [6, 6.07) is 3.79. The maximum Gasteiger partial charge on any atom is 0.179 e. The predicted octanol–water partition coefficient (Wildman–Crippen LogP) is 1.84. The Balaban J connectivity index is 2.42. The van der Waals surface area contributed by atoms with Crippen molar-refractivity contribution >= 4 is 33.2 Å². The van der Waals surface area contributed by atoms with Crippen molar-refractivity contribution < 1.29 is 8.42 Å². The molecule has 0 fully saturated rings. The molecule has 0 unspecified atom stereocenters. The third-order valence-electron chi connectivity index (χ3n) is 2.82. The lowest BCUT2D eigenvalue weighted by Gasteiger charge is -2.04. The first kappa shape index (κ1) is 13.2. The summed E-state index contributed by atoms with van der Waals surface area (Å²) >= 11 is 5.19. The Morgan fingerprint density at radius 3 is 2.83 bits per heavy atom. The standard InChI is InChI=1S/C11H15N3O2S2/c1-3-18(15,16)7-6-14-10-9(13-11(14)17)5-4-8(2)12-10/h4-5H,3,6-7H2,1-2H3,(H,13,17). The third-order valence-corrected chi connectivity index (χ3v) is 4.83. The Bertz CT molecular complexity index is 728. The monoisotopic (exact) mass is 285 g/mol. The van der Waals surface area contributed by atoms with Gasteiger partial charge >= 0.3 is 0 Å². The van der Waals surface area contributed by atoms with E-state index in [1.807, 2.05) is 19.1 Å². The number of H-pyrrole nitrogens is 1. The van der Waals surface area contributed by atoms with Gasteiger partial charge in [0.25, 0.3) is 0 Å². The first-order valence-corrected chi connectivity index (χ1v) is 7.92. The average molecular weight is 285 g/mol. The zero-order valence-corrected chi connectivity index (χ0v) is 11.9. The number of fused-ring (bicyclic) bond motifs is 1. The van der Waals surface area contributed by atoms with E-state index in [1.165, 1.54) is 0 Å². The third kappa shape index (κ3) is 2.62. The number of hydrogen-bond donors (Lipinski definition) is 1. The normalized spacial score (nSPS) is 12.1. The summed E-state index contributed by atoms with van der Waals surface area (Å²) in [6.07, 6.45) is 0. The van der Waals surface area contributed by atoms with Gasteiger partial charge in [0.1, 0.15) is 0 Å². The molecule has 7 heteroatoms. The fraction of sp³-hybridized carbons (Fsp3) is 0.455. The molecule has 1 N–H and O–H groups in total. The number of aryl methyl sites for hydroxylation is 2. The Labute approximate surface area is 111 Å². The van der Waals surface area contributed by atoms with Gasteiger partial charge in [0.2, 0.25) is 0 Å². The van der Waals surface area contributed by atoms with Crippen LogP contribution in [-0.4, -0.2) is 34.5 Å². The minimum Gasteiger partial charge on any atom is -0.329 e. The second-order valence-electron chi connectivity index (χ2n) is 4.14. The van der Waals surface area contributed by atoms with E-state index in [4.69, 9.17) is 12.2 Å². The highest BCUT2D eigenvalue weighted by Gasteiger charge is 2.11. The molecular weight excluding hydrogens is 270 g/mol. The molecule has 5 nitrogen and oxygen atoms in total. The summed E-state index contributed by atoms with van der Waals surface area (Å²) in [4.78, 5) is 7.42. The Kier molecular flexibility index (Phi) is 3.54. The summed E-state index contributed by atoms with van der Waals surface area (Å²) in [6.45, 7) is 3.88. The molecule has 0 saturated heterocycles. The first-order chi connectivity index (χ1) is 8.43. The molecule has 0 atom stereocenters. The molecule has 0 aliphatic rings. The molecule has 0 spiro atoms. The summed E-state index contributed by atoms with van der Waals surface area (Å²) in [5.41, 5.74) is 2.43. The number of aromatic amines is 1. The highest BCUT2D eigenvalue weighted by molar-refractivity contribution is 7.91. The lowest BCUT2D eigenvalue weighted by molar-refractivity contribution is 0.590. The van der Waals surface area contributed by atoms with E-state index >= 15 is 0 Å². The van der Waals surface area contributed by atoms with Crippen molar-refractivity contribution in [2.24, 2.45) is 0 Å². The maximum atomic E-state index is 11.5. The first-order valence-electron chi connectivity index (χ1n) is 5.69. The van der Waals surface area contributed by atoms with Gasteiger partial charge in [-0.3, -0.25) is 0 Å². The van der Waals surface area contributed by atoms with Gasteiger partial charge in [0.05, 0.1) is 11.3 Å². The van der Waals surface area contributed by atoms with Crippen molar-refractivity contribution in [2.45, 2.75) is 20.4 Å². The van der Waals surface area contributed by atoms with Crippen LogP contribution in [0.5, 0.6) is 0 Å². The zero-order chi connectivity index (χ0) is 13.3. The van der Waals surface area contributed by atoms with Crippen LogP contribution in [0.25, 0.3) is 11.2 Å². The van der Waals surface area contributed by atoms with Crippen LogP contribution < -0.4 is 0 Å². The SMILES string of the molecule is CCS(=O)(=O)CCn1c(=S)[nH]c2ccc(C)nc21. The smallest absolute Gasteiger partial charge is 0.179 e. The molecule has 0 bridgehead atoms. The van der Waals surface area contributed by atoms with Crippen molar-refractivity contribution in [1.82, 2.24) is 14.5 Å². The average Bonchev–Trinajstić information content (AvgIpc) is 2.62. The van der Waals surface area contributed by atoms with Crippen molar-refractivity contribution in [3.05, 3.63) is 22.6 Å². The maximum absolute atomic E-state index is 11.5. The number of rotatable bonds is 4. The van der Waals surface area contributed by atoms with E-state index < -0.39 is 9.84 Å². The van der Waals surface area contributed by atoms with Gasteiger partial charge in [0, 0.05) is 18.0 Å². The van der Waals surface area contributed by atoms with Crippen LogP contribution in [0.2, 0.25) is 0 Å². The van der Waals surface area contributed by atoms with Crippen LogP contribution in [0.3, 0.4) is 0 Å². The van der Waals surface area contributed by atoms with Crippen molar-refractivity contribution in [3.8, 4) is 0 Å². The molecule has 0 radical (unpaired) electrons. The van der Waals surface area contributed by atoms with Crippen molar-refractivity contribution in [2.75, 3.05) is 11.5 Å². The quantitative estimate of drug-likeness (QED) is 0.870. The minimum atomic E-state index is -3.00. The van der Waals surface area contributed by atoms with Crippen LogP contribution >= 0.6 is 12.2 Å². The van der Waals surface area contributed by atoms with Gasteiger partial charge in [0.15, 0.2) is 20.3 Å². The number of hydrogen-bond acceptors (Lipinski definition) is 4. The molecule has 0 amide bonds. The van der Waals surface area contributed by atoms with Crippen LogP contribution in [0.4, 0.5) is 0 Å². The number of pyridine rings is 1. The highest BCUT2D eigenvalue weighted by Crippen LogP contribution is 2.12. The molecule has 2 aromatic heterocycles. The largest absolute Gasteiger partial charge is 0.329 e. The van der Waals surface area contributed by atoms with Gasteiger partial charge in [-0.05, 0) is 31.3 Å². The van der Waals surface area contributed by atoms with E-state index in [-0.39, 0.29) is 11.5 Å². The van der Waals surface area contributed by atoms with E-state index in [1.54, 1.807) is 11.5 Å². The van der Waals surface area contributed by atoms with Crippen molar-refractivity contribution in [3.63, 3.8) is 0 Å². The van der Waals surface area contributed by atoms with Crippen LogP contribution in [-0.2, 0) is 16.4 Å². The highest BCUT2D eigenvalue weighted by atomic mass is 32.2. The number of sulfone groups is 1. The molecule has 2 aromatic rings. The topological polar surface area (TPSA) is 67.8 Å².